The number of rotatable bonds is 4. The molecule has 7 aromatic carbocycles. The molecule has 0 fully saturated rings. The van der Waals surface area contributed by atoms with Gasteiger partial charge in [0.15, 0.2) is 0 Å². The number of hydrogen-bond donors (Lipinski definition) is 0. The topological polar surface area (TPSA) is 11.4 Å². The van der Waals surface area contributed by atoms with Crippen LogP contribution >= 0.6 is 0 Å². The molecule has 78 heavy (non-hydrogen) atoms. The number of aromatic nitrogens is 1. The molecule has 0 saturated carbocycles. The molecule has 0 N–H and O–H groups in total. The summed E-state index contributed by atoms with van der Waals surface area (Å²) >= 11 is 0. The zero-order valence-corrected chi connectivity index (χ0v) is 51.3. The van der Waals surface area contributed by atoms with E-state index in [1.54, 1.807) is 0 Å². The molecule has 0 saturated heterocycles. The number of aryl methyl sites for hydroxylation is 3. The van der Waals surface area contributed by atoms with Crippen molar-refractivity contribution in [3.63, 3.8) is 0 Å². The molecule has 400 valence electrons. The summed E-state index contributed by atoms with van der Waals surface area (Å²) in [6.45, 7) is 50.3. The van der Waals surface area contributed by atoms with Gasteiger partial charge in [-0.3, -0.25) is 0 Å². The molecule has 4 heteroatoms. The van der Waals surface area contributed by atoms with Crippen molar-refractivity contribution in [3.05, 3.63) is 177 Å². The van der Waals surface area contributed by atoms with Gasteiger partial charge >= 0.3 is 0 Å². The van der Waals surface area contributed by atoms with Gasteiger partial charge < -0.3 is 14.4 Å². The quantitative estimate of drug-likeness (QED) is 0.163. The van der Waals surface area contributed by atoms with Gasteiger partial charge in [0.05, 0.1) is 0 Å². The SMILES string of the molecule is Cc1cc(C(C)(C)C)ccc1N(c1ccc2c(c1)N(c1cc3c(cc1C)C(C)(C)CCC3(C)C)c1cc(C(C)(C)C)cc3c1B2c1cc(C(C)(C)C)cc2c4c(n-3c12)C(C)(C)c1ccccc1-4)c1ccc(C(C)(C)C)cc1C. The van der Waals surface area contributed by atoms with Crippen LogP contribution in [0.1, 0.15) is 199 Å². The molecule has 0 unspecified atom stereocenters. The first-order valence-electron chi connectivity index (χ1n) is 29.3. The van der Waals surface area contributed by atoms with Crippen LogP contribution in [0.25, 0.3) is 27.7 Å². The lowest BCUT2D eigenvalue weighted by atomic mass is 9.33. The van der Waals surface area contributed by atoms with Crippen molar-refractivity contribution in [3.8, 4) is 16.8 Å². The van der Waals surface area contributed by atoms with Crippen LogP contribution in [-0.4, -0.2) is 11.3 Å². The van der Waals surface area contributed by atoms with E-state index in [4.69, 9.17) is 0 Å². The molecule has 8 aromatic rings. The summed E-state index contributed by atoms with van der Waals surface area (Å²) < 4.78 is 2.77. The number of anilines is 6. The molecule has 2 aliphatic carbocycles. The van der Waals surface area contributed by atoms with E-state index in [1.807, 2.05) is 0 Å². The van der Waals surface area contributed by atoms with Gasteiger partial charge in [-0.1, -0.05) is 191 Å². The molecule has 12 rings (SSSR count). The van der Waals surface area contributed by atoms with E-state index in [-0.39, 0.29) is 44.6 Å². The Morgan fingerprint density at radius 3 is 1.56 bits per heavy atom. The summed E-state index contributed by atoms with van der Waals surface area (Å²) in [5, 5.41) is 1.38. The lowest BCUT2D eigenvalue weighted by Crippen LogP contribution is -2.61. The number of benzene rings is 7. The van der Waals surface area contributed by atoms with E-state index in [0.717, 1.165) is 12.1 Å². The lowest BCUT2D eigenvalue weighted by Gasteiger charge is -2.45. The lowest BCUT2D eigenvalue weighted by molar-refractivity contribution is 0.332. The zero-order chi connectivity index (χ0) is 56.1. The predicted molar refractivity (Wildman–Crippen MR) is 339 cm³/mol. The van der Waals surface area contributed by atoms with E-state index in [1.165, 1.54) is 140 Å². The fourth-order valence-electron chi connectivity index (χ4n) is 14.4. The Morgan fingerprint density at radius 1 is 0.462 bits per heavy atom. The van der Waals surface area contributed by atoms with Crippen LogP contribution < -0.4 is 26.2 Å². The summed E-state index contributed by atoms with van der Waals surface area (Å²) in [4.78, 5) is 5.33. The minimum atomic E-state index is -0.230. The first-order valence-corrected chi connectivity index (χ1v) is 29.3. The first-order chi connectivity index (χ1) is 36.2. The average molecular weight is 1030 g/mol. The number of hydrogen-bond acceptors (Lipinski definition) is 2. The van der Waals surface area contributed by atoms with Gasteiger partial charge in [-0.2, -0.15) is 0 Å². The molecule has 4 aliphatic rings. The molecule has 0 spiro atoms. The zero-order valence-electron chi connectivity index (χ0n) is 51.3. The van der Waals surface area contributed by atoms with Gasteiger partial charge in [0, 0.05) is 67.4 Å². The summed E-state index contributed by atoms with van der Waals surface area (Å²) in [5.74, 6) is 0. The van der Waals surface area contributed by atoms with Gasteiger partial charge in [-0.25, -0.2) is 0 Å². The maximum atomic E-state index is 2.77. The molecule has 3 nitrogen and oxygen atoms in total. The van der Waals surface area contributed by atoms with E-state index in [0.29, 0.717) is 0 Å². The van der Waals surface area contributed by atoms with Crippen molar-refractivity contribution in [1.29, 1.82) is 0 Å². The van der Waals surface area contributed by atoms with Crippen LogP contribution in [0.3, 0.4) is 0 Å². The summed E-state index contributed by atoms with van der Waals surface area (Å²) in [7, 11) is 0. The van der Waals surface area contributed by atoms with Crippen LogP contribution in [0.4, 0.5) is 34.1 Å². The second-order valence-corrected chi connectivity index (χ2v) is 30.4. The fraction of sp³-hybridized carbons (Fsp3) is 0.405. The van der Waals surface area contributed by atoms with Gasteiger partial charge in [-0.05, 0) is 192 Å². The van der Waals surface area contributed by atoms with Crippen molar-refractivity contribution < 1.29 is 0 Å². The summed E-state index contributed by atoms with van der Waals surface area (Å²) in [6.07, 6.45) is 2.33. The largest absolute Gasteiger partial charge is 0.313 e. The minimum absolute atomic E-state index is 0.0163. The molecule has 0 amide bonds. The van der Waals surface area contributed by atoms with Gasteiger partial charge in [-0.15, -0.1) is 0 Å². The predicted octanol–water partition coefficient (Wildman–Crippen LogP) is 18.5. The third-order valence-electron chi connectivity index (χ3n) is 19.3. The summed E-state index contributed by atoms with van der Waals surface area (Å²) in [5.41, 5.74) is 31.8. The van der Waals surface area contributed by atoms with Crippen molar-refractivity contribution >= 4 is 68.1 Å². The highest BCUT2D eigenvalue weighted by molar-refractivity contribution is 7.00. The fourth-order valence-corrected chi connectivity index (χ4v) is 14.4. The Bertz CT molecular complexity index is 3800. The van der Waals surface area contributed by atoms with E-state index in [2.05, 4.69) is 275 Å². The maximum Gasteiger partial charge on any atom is 0.252 e. The Balaban J connectivity index is 1.24. The smallest absolute Gasteiger partial charge is 0.252 e. The third-order valence-corrected chi connectivity index (χ3v) is 19.3. The minimum Gasteiger partial charge on any atom is -0.313 e. The molecule has 1 aromatic heterocycles. The monoisotopic (exact) mass is 1030 g/mol. The molecular weight excluding hydrogens is 942 g/mol. The third kappa shape index (κ3) is 7.71. The highest BCUT2D eigenvalue weighted by Crippen LogP contribution is 2.57. The van der Waals surface area contributed by atoms with Crippen LogP contribution in [0, 0.1) is 20.8 Å². The molecule has 0 radical (unpaired) electrons. The van der Waals surface area contributed by atoms with Crippen molar-refractivity contribution in [2.45, 2.75) is 196 Å². The van der Waals surface area contributed by atoms with E-state index >= 15 is 0 Å². The van der Waals surface area contributed by atoms with Gasteiger partial charge in [0.2, 0.25) is 0 Å². The van der Waals surface area contributed by atoms with Crippen molar-refractivity contribution in [2.24, 2.45) is 0 Å². The van der Waals surface area contributed by atoms with Crippen molar-refractivity contribution in [1.82, 2.24) is 4.57 Å². The van der Waals surface area contributed by atoms with Crippen LogP contribution in [0.2, 0.25) is 0 Å². The Hall–Kier alpha value is -6.26. The summed E-state index contributed by atoms with van der Waals surface area (Å²) in [6, 6.07) is 46.9. The molecule has 0 bridgehead atoms. The van der Waals surface area contributed by atoms with Gasteiger partial charge in [0.1, 0.15) is 0 Å². The van der Waals surface area contributed by atoms with E-state index in [9.17, 15) is 0 Å². The standard InChI is InChI=1S/C74H86BN3/c1-43-34-46(68(4,5)6)26-30-58(43)76(59-31-27-47(35-44(59)2)69(7,8)9)50-28-29-56-61(41-50)77(60-42-55-54(36-45(60)3)72(16,17)32-33-73(55,18)19)62-39-49(71(13,14)15)40-63-65(62)75(56)57-38-48(70(10,11)12)37-52-64-51-24-22-23-25-53(51)74(20,21)67(64)78(63)66(52)57/h22-31,34-42H,32-33H2,1-21H3. The highest BCUT2D eigenvalue weighted by atomic mass is 15.2. The molecule has 0 atom stereocenters. The van der Waals surface area contributed by atoms with Crippen molar-refractivity contribution in [2.75, 3.05) is 9.80 Å². The van der Waals surface area contributed by atoms with Crippen LogP contribution in [0.5, 0.6) is 0 Å². The molecule has 3 heterocycles. The highest BCUT2D eigenvalue weighted by Gasteiger charge is 2.49. The second-order valence-electron chi connectivity index (χ2n) is 30.4. The molecular formula is C74H86BN3. The Morgan fingerprint density at radius 2 is 1.00 bits per heavy atom. The first kappa shape index (κ1) is 52.4. The molecule has 2 aliphatic heterocycles. The second kappa shape index (κ2) is 16.7. The maximum absolute atomic E-state index is 2.77. The normalized spacial score (nSPS) is 16.7. The number of fused-ring (bicyclic) bond motifs is 10. The number of nitrogens with zero attached hydrogens (tertiary/aromatic N) is 3. The Labute approximate surface area is 469 Å². The van der Waals surface area contributed by atoms with E-state index < -0.39 is 0 Å². The average Bonchev–Trinajstić information content (AvgIpc) is 4.05. The van der Waals surface area contributed by atoms with Gasteiger partial charge in [0.25, 0.3) is 6.71 Å². The Kier molecular flexibility index (Phi) is 11.2. The van der Waals surface area contributed by atoms with Crippen LogP contribution in [-0.2, 0) is 37.9 Å². The van der Waals surface area contributed by atoms with Crippen LogP contribution in [0.15, 0.2) is 115 Å².